The Balaban J connectivity index is -0.0000000787. The van der Waals surface area contributed by atoms with Gasteiger partial charge in [-0.15, -0.1) is 0 Å². The van der Waals surface area contributed by atoms with Crippen molar-refractivity contribution in [3.8, 4) is 0 Å². The molecule has 0 aliphatic heterocycles. The van der Waals surface area contributed by atoms with E-state index in [2.05, 4.69) is 51.6 Å². The Kier molecular flexibility index (Phi) is 28.0. The van der Waals surface area contributed by atoms with Crippen molar-refractivity contribution in [2.75, 3.05) is 0 Å². The van der Waals surface area contributed by atoms with Crippen molar-refractivity contribution in [3.05, 3.63) is 13.8 Å². The van der Waals surface area contributed by atoms with Gasteiger partial charge in [0.1, 0.15) is 0 Å². The third-order valence-corrected chi connectivity index (χ3v) is 0. The van der Waals surface area contributed by atoms with Crippen molar-refractivity contribution in [2.45, 2.75) is 27.7 Å². The van der Waals surface area contributed by atoms with Gasteiger partial charge in [-0.05, 0) is 0 Å². The van der Waals surface area contributed by atoms with Gasteiger partial charge in [-0.3, -0.25) is 0 Å². The van der Waals surface area contributed by atoms with E-state index in [4.69, 9.17) is 0 Å². The molecular formula is C8H18AlCl. The summed E-state index contributed by atoms with van der Waals surface area (Å²) in [6.45, 7) is 15.5. The van der Waals surface area contributed by atoms with Crippen LogP contribution in [0.5, 0.6) is 0 Å². The van der Waals surface area contributed by atoms with E-state index in [1.165, 1.54) is 0 Å². The van der Waals surface area contributed by atoms with Crippen LogP contribution >= 0.6 is 10.0 Å². The van der Waals surface area contributed by atoms with Gasteiger partial charge < -0.3 is 13.8 Å². The number of halogens is 1. The first-order chi connectivity index (χ1) is 4.46. The van der Waals surface area contributed by atoms with E-state index < -0.39 is 0 Å². The van der Waals surface area contributed by atoms with Crippen molar-refractivity contribution < 1.29 is 0 Å². The fourth-order valence-electron chi connectivity index (χ4n) is 0. The van der Waals surface area contributed by atoms with Crippen LogP contribution in [0.2, 0.25) is 0 Å². The summed E-state index contributed by atoms with van der Waals surface area (Å²) in [6, 6.07) is 0. The minimum absolute atomic E-state index is 0.583. The molecule has 0 nitrogen and oxygen atoms in total. The second kappa shape index (κ2) is 16.4. The Morgan fingerprint density at radius 3 is 0.900 bits per heavy atom. The van der Waals surface area contributed by atoms with Crippen LogP contribution < -0.4 is 0 Å². The first-order valence-corrected chi connectivity index (χ1v) is 5.09. The number of hydrogen-bond acceptors (Lipinski definition) is 0. The normalized spacial score (nSPS) is 7.90. The predicted octanol–water partition coefficient (Wildman–Crippen LogP) is 3.26. The molecule has 0 spiro atoms. The fraction of sp³-hybridized carbons (Fsp3) is 0.750. The van der Waals surface area contributed by atoms with Gasteiger partial charge >= 0.3 is 25.4 Å². The Morgan fingerprint density at radius 1 is 0.900 bits per heavy atom. The summed E-state index contributed by atoms with van der Waals surface area (Å²) in [4.78, 5) is 0. The average Bonchev–Trinajstić information content (AvgIpc) is 1.66. The molecule has 0 heterocycles. The van der Waals surface area contributed by atoms with E-state index in [0.29, 0.717) is 11.8 Å². The molecule has 0 aromatic rings. The topological polar surface area (TPSA) is 0 Å². The second-order valence-electron chi connectivity index (χ2n) is 2.79. The summed E-state index contributed by atoms with van der Waals surface area (Å²) < 4.78 is 0. The number of rotatable bonds is 0. The molecule has 0 N–H and O–H groups in total. The molecule has 0 radical (unpaired) electrons. The van der Waals surface area contributed by atoms with Crippen LogP contribution in [0.3, 0.4) is 0 Å². The van der Waals surface area contributed by atoms with Crippen LogP contribution in [-0.4, -0.2) is 15.4 Å². The van der Waals surface area contributed by atoms with Crippen LogP contribution in [0, 0.1) is 25.7 Å². The first-order valence-electron chi connectivity index (χ1n) is 3.34. The van der Waals surface area contributed by atoms with Gasteiger partial charge in [-0.2, -0.15) is 11.8 Å². The molecule has 0 unspecified atom stereocenters. The van der Waals surface area contributed by atoms with Gasteiger partial charge in [-0.25, -0.2) is 0 Å². The van der Waals surface area contributed by atoms with Crippen molar-refractivity contribution in [1.29, 1.82) is 0 Å². The molecule has 2 heteroatoms. The fourth-order valence-corrected chi connectivity index (χ4v) is 0. The maximum atomic E-state index is 4.56. The van der Waals surface area contributed by atoms with Gasteiger partial charge in [0.15, 0.2) is 0 Å². The van der Waals surface area contributed by atoms with E-state index in [0.717, 1.165) is 0 Å². The zero-order valence-corrected chi connectivity index (χ0v) is 9.43. The molecule has 0 rings (SSSR count). The van der Waals surface area contributed by atoms with E-state index >= 15 is 0 Å². The third-order valence-electron chi connectivity index (χ3n) is 0. The quantitative estimate of drug-likeness (QED) is 0.393. The molecule has 0 fully saturated rings. The third kappa shape index (κ3) is 798. The van der Waals surface area contributed by atoms with Crippen molar-refractivity contribution >= 4 is 25.4 Å². The molecule has 0 saturated carbocycles. The SMILES string of the molecule is [Al+2][Cl].[CH2-]C(C)C.[CH2-]C(C)C. The van der Waals surface area contributed by atoms with Crippen LogP contribution in [0.4, 0.5) is 0 Å². The maximum Gasteiger partial charge on any atom is -0.0903 e. The molecule has 0 aromatic heterocycles. The van der Waals surface area contributed by atoms with Crippen LogP contribution in [-0.2, 0) is 0 Å². The molecule has 0 aromatic carbocycles. The van der Waals surface area contributed by atoms with Gasteiger partial charge in [0.05, 0.1) is 0 Å². The summed E-state index contributed by atoms with van der Waals surface area (Å²) in [7, 11) is 4.56. The van der Waals surface area contributed by atoms with Crippen molar-refractivity contribution in [1.82, 2.24) is 0 Å². The summed E-state index contributed by atoms with van der Waals surface area (Å²) in [6.07, 6.45) is 0. The predicted molar refractivity (Wildman–Crippen MR) is 52.0 cm³/mol. The molecule has 0 saturated heterocycles. The average molecular weight is 177 g/mol. The standard InChI is InChI=1S/2C4H9.Al.ClH/c2*1-4(2)3;;/h2*4H,1H2,2-3H3;;1H/q2*-1;+3;/p-1. The van der Waals surface area contributed by atoms with E-state index in [1.807, 2.05) is 15.4 Å². The number of hydrogen-bond donors (Lipinski definition) is 0. The zero-order chi connectivity index (χ0) is 9.15. The molecule has 0 aliphatic rings. The summed E-state index contributed by atoms with van der Waals surface area (Å²) in [5.74, 6) is 1.17. The smallest absolute Gasteiger partial charge is 0.0903 e. The zero-order valence-electron chi connectivity index (χ0n) is 7.52. The van der Waals surface area contributed by atoms with E-state index in [-0.39, 0.29) is 0 Å². The molecule has 0 bridgehead atoms. The minimum Gasteiger partial charge on any atom is -0.341 e. The first kappa shape index (κ1) is 17.1. The second-order valence-corrected chi connectivity index (χ2v) is 2.79. The summed E-state index contributed by atoms with van der Waals surface area (Å²) in [5.41, 5.74) is 0. The Hall–Kier alpha value is 0.822. The minimum atomic E-state index is 0.583. The Bertz CT molecular complexity index is 24.7. The Labute approximate surface area is 79.0 Å². The molecular weight excluding hydrogens is 159 g/mol. The maximum absolute atomic E-state index is 4.56. The Morgan fingerprint density at radius 2 is 0.900 bits per heavy atom. The van der Waals surface area contributed by atoms with Crippen LogP contribution in [0.1, 0.15) is 27.7 Å². The van der Waals surface area contributed by atoms with Crippen LogP contribution in [0.25, 0.3) is 0 Å². The van der Waals surface area contributed by atoms with Gasteiger partial charge in [0, 0.05) is 0 Å². The van der Waals surface area contributed by atoms with Gasteiger partial charge in [-0.1, -0.05) is 27.7 Å². The van der Waals surface area contributed by atoms with Gasteiger partial charge in [0.25, 0.3) is 0 Å². The van der Waals surface area contributed by atoms with E-state index in [9.17, 15) is 0 Å². The summed E-state index contributed by atoms with van der Waals surface area (Å²) in [5, 5.41) is 0. The molecule has 0 amide bonds. The molecule has 0 aliphatic carbocycles. The van der Waals surface area contributed by atoms with Crippen molar-refractivity contribution in [2.24, 2.45) is 11.8 Å². The monoisotopic (exact) mass is 176 g/mol. The van der Waals surface area contributed by atoms with Crippen LogP contribution in [0.15, 0.2) is 0 Å². The van der Waals surface area contributed by atoms with E-state index in [1.54, 1.807) is 0 Å². The van der Waals surface area contributed by atoms with Gasteiger partial charge in [0.2, 0.25) is 0 Å². The summed E-state index contributed by atoms with van der Waals surface area (Å²) >= 11 is 1.89. The molecule has 60 valence electrons. The van der Waals surface area contributed by atoms with Crippen molar-refractivity contribution in [3.63, 3.8) is 0 Å². The molecule has 10 heavy (non-hydrogen) atoms. The molecule has 0 atom stereocenters. The largest absolute Gasteiger partial charge is 0.341 e.